The lowest BCUT2D eigenvalue weighted by molar-refractivity contribution is 0.0983. The Morgan fingerprint density at radius 3 is 2.53 bits per heavy atom. The third kappa shape index (κ3) is 4.15. The minimum atomic E-state index is -0.113. The largest absolute Gasteiger partial charge is 0.493 e. The third-order valence-corrected chi connectivity index (χ3v) is 7.10. The Balaban J connectivity index is 1.69. The van der Waals surface area contributed by atoms with E-state index in [4.69, 9.17) is 9.72 Å². The maximum atomic E-state index is 14.3. The van der Waals surface area contributed by atoms with Crippen LogP contribution in [0.15, 0.2) is 78.9 Å². The maximum Gasteiger partial charge on any atom is 0.264 e. The van der Waals surface area contributed by atoms with Crippen LogP contribution in [0.1, 0.15) is 34.0 Å². The number of benzene rings is 4. The van der Waals surface area contributed by atoms with E-state index in [1.165, 1.54) is 5.56 Å². The molecule has 0 saturated carbocycles. The number of amides is 1. The summed E-state index contributed by atoms with van der Waals surface area (Å²) < 4.78 is 7.04. The molecule has 0 spiro atoms. The van der Waals surface area contributed by atoms with Gasteiger partial charge in [0.15, 0.2) is 5.13 Å². The van der Waals surface area contributed by atoms with Crippen LogP contribution in [0.4, 0.5) is 5.13 Å². The van der Waals surface area contributed by atoms with Crippen LogP contribution in [0.2, 0.25) is 0 Å². The molecule has 0 fully saturated rings. The first-order chi connectivity index (χ1) is 16.5. The average Bonchev–Trinajstić information content (AvgIpc) is 3.27. The van der Waals surface area contributed by atoms with Crippen LogP contribution in [-0.2, 0) is 6.54 Å². The number of nitrogens with zero attached hydrogens (tertiary/aromatic N) is 2. The molecular formula is C29H26N2O2S. The van der Waals surface area contributed by atoms with Crippen molar-refractivity contribution in [3.05, 3.63) is 101 Å². The summed E-state index contributed by atoms with van der Waals surface area (Å²) in [6.07, 6.45) is 0. The lowest BCUT2D eigenvalue weighted by Gasteiger charge is -2.22. The highest BCUT2D eigenvalue weighted by Crippen LogP contribution is 2.36. The summed E-state index contributed by atoms with van der Waals surface area (Å²) in [5, 5.41) is 2.57. The summed E-state index contributed by atoms with van der Waals surface area (Å²) in [4.78, 5) is 21.0. The van der Waals surface area contributed by atoms with Gasteiger partial charge in [0, 0.05) is 0 Å². The second-order valence-corrected chi connectivity index (χ2v) is 9.37. The molecule has 5 heteroatoms. The van der Waals surface area contributed by atoms with E-state index < -0.39 is 0 Å². The number of carbonyl (C=O) groups excluding carboxylic acids is 1. The van der Waals surface area contributed by atoms with E-state index in [1.807, 2.05) is 73.7 Å². The normalized spacial score (nSPS) is 11.1. The van der Waals surface area contributed by atoms with Gasteiger partial charge in [-0.15, -0.1) is 0 Å². The van der Waals surface area contributed by atoms with Crippen LogP contribution >= 0.6 is 11.3 Å². The van der Waals surface area contributed by atoms with Crippen LogP contribution in [-0.4, -0.2) is 17.5 Å². The van der Waals surface area contributed by atoms with Gasteiger partial charge in [0.25, 0.3) is 5.91 Å². The van der Waals surface area contributed by atoms with Crippen molar-refractivity contribution in [1.29, 1.82) is 0 Å². The minimum absolute atomic E-state index is 0.113. The van der Waals surface area contributed by atoms with E-state index in [9.17, 15) is 4.79 Å². The fourth-order valence-corrected chi connectivity index (χ4v) is 5.37. The number of hydrogen-bond donors (Lipinski definition) is 0. The minimum Gasteiger partial charge on any atom is -0.493 e. The molecule has 4 aromatic carbocycles. The number of anilines is 1. The highest BCUT2D eigenvalue weighted by Gasteiger charge is 2.26. The number of thiazole rings is 1. The first-order valence-electron chi connectivity index (χ1n) is 11.4. The Morgan fingerprint density at radius 2 is 1.74 bits per heavy atom. The van der Waals surface area contributed by atoms with Crippen LogP contribution in [0.25, 0.3) is 21.0 Å². The van der Waals surface area contributed by atoms with Crippen LogP contribution in [0.3, 0.4) is 0 Å². The molecule has 4 nitrogen and oxygen atoms in total. The van der Waals surface area contributed by atoms with Crippen molar-refractivity contribution < 1.29 is 9.53 Å². The lowest BCUT2D eigenvalue weighted by Crippen LogP contribution is -2.31. The molecule has 0 N–H and O–H groups in total. The van der Waals surface area contributed by atoms with Gasteiger partial charge in [0.05, 0.1) is 28.9 Å². The van der Waals surface area contributed by atoms with Crippen molar-refractivity contribution in [3.8, 4) is 5.75 Å². The summed E-state index contributed by atoms with van der Waals surface area (Å²) >= 11 is 1.56. The molecule has 0 atom stereocenters. The van der Waals surface area contributed by atoms with Crippen molar-refractivity contribution >= 4 is 43.4 Å². The number of rotatable bonds is 6. The number of hydrogen-bond acceptors (Lipinski definition) is 4. The molecule has 34 heavy (non-hydrogen) atoms. The van der Waals surface area contributed by atoms with E-state index >= 15 is 0 Å². The van der Waals surface area contributed by atoms with Crippen LogP contribution in [0, 0.1) is 13.8 Å². The quantitative estimate of drug-likeness (QED) is 0.263. The monoisotopic (exact) mass is 466 g/mol. The van der Waals surface area contributed by atoms with E-state index in [1.54, 1.807) is 16.2 Å². The van der Waals surface area contributed by atoms with Gasteiger partial charge in [0.2, 0.25) is 0 Å². The lowest BCUT2D eigenvalue weighted by atomic mass is 10.0. The molecule has 0 bridgehead atoms. The molecule has 0 saturated heterocycles. The van der Waals surface area contributed by atoms with E-state index in [0.717, 1.165) is 32.1 Å². The Labute approximate surface area is 203 Å². The molecule has 0 aliphatic rings. The zero-order chi connectivity index (χ0) is 23.7. The van der Waals surface area contributed by atoms with Crippen molar-refractivity contribution in [1.82, 2.24) is 4.98 Å². The van der Waals surface area contributed by atoms with Gasteiger partial charge in [-0.3, -0.25) is 9.69 Å². The molecule has 1 aromatic heterocycles. The number of ether oxygens (including phenoxy) is 1. The maximum absolute atomic E-state index is 14.3. The van der Waals surface area contributed by atoms with Gasteiger partial charge in [-0.25, -0.2) is 4.98 Å². The Kier molecular flexibility index (Phi) is 6.03. The van der Waals surface area contributed by atoms with Crippen molar-refractivity contribution in [2.24, 2.45) is 0 Å². The van der Waals surface area contributed by atoms with Gasteiger partial charge < -0.3 is 4.74 Å². The van der Waals surface area contributed by atoms with Crippen molar-refractivity contribution in [3.63, 3.8) is 0 Å². The number of aryl methyl sites for hydroxylation is 2. The second kappa shape index (κ2) is 9.27. The molecular weight excluding hydrogens is 440 g/mol. The number of carbonyl (C=O) groups is 1. The van der Waals surface area contributed by atoms with Crippen LogP contribution in [0.5, 0.6) is 5.75 Å². The first-order valence-corrected chi connectivity index (χ1v) is 12.2. The number of fused-ring (bicyclic) bond motifs is 2. The third-order valence-electron chi connectivity index (χ3n) is 5.87. The van der Waals surface area contributed by atoms with Crippen LogP contribution < -0.4 is 9.64 Å². The molecule has 0 radical (unpaired) electrons. The fourth-order valence-electron chi connectivity index (χ4n) is 4.36. The molecule has 1 heterocycles. The summed E-state index contributed by atoms with van der Waals surface area (Å²) in [6, 6.07) is 26.1. The summed E-state index contributed by atoms with van der Waals surface area (Å²) in [5.41, 5.74) is 4.87. The summed E-state index contributed by atoms with van der Waals surface area (Å²) in [7, 11) is 0. The van der Waals surface area contributed by atoms with Gasteiger partial charge in [0.1, 0.15) is 5.75 Å². The smallest absolute Gasteiger partial charge is 0.264 e. The van der Waals surface area contributed by atoms with Gasteiger partial charge in [-0.1, -0.05) is 78.1 Å². The number of aromatic nitrogens is 1. The van der Waals surface area contributed by atoms with E-state index in [2.05, 4.69) is 26.0 Å². The van der Waals surface area contributed by atoms with Crippen molar-refractivity contribution in [2.75, 3.05) is 11.5 Å². The molecule has 170 valence electrons. The van der Waals surface area contributed by atoms with Crippen molar-refractivity contribution in [2.45, 2.75) is 27.3 Å². The second-order valence-electron chi connectivity index (χ2n) is 8.40. The van der Waals surface area contributed by atoms with Gasteiger partial charge in [-0.2, -0.15) is 0 Å². The first kappa shape index (κ1) is 22.1. The van der Waals surface area contributed by atoms with E-state index in [0.29, 0.717) is 29.6 Å². The highest BCUT2D eigenvalue weighted by atomic mass is 32.1. The SMILES string of the molecule is CCOc1ccc2ccccc2c1C(=O)N(Cc1ccccc1)c1nc2cc(C)cc(C)c2s1. The summed E-state index contributed by atoms with van der Waals surface area (Å²) in [5.74, 6) is 0.481. The predicted octanol–water partition coefficient (Wildman–Crippen LogP) is 7.31. The zero-order valence-corrected chi connectivity index (χ0v) is 20.4. The molecule has 1 amide bonds. The molecule has 0 aliphatic heterocycles. The Hall–Kier alpha value is -3.70. The molecule has 5 rings (SSSR count). The van der Waals surface area contributed by atoms with Gasteiger partial charge >= 0.3 is 0 Å². The van der Waals surface area contributed by atoms with Gasteiger partial charge in [-0.05, 0) is 60.4 Å². The Morgan fingerprint density at radius 1 is 0.971 bits per heavy atom. The molecule has 0 unspecified atom stereocenters. The Bertz CT molecular complexity index is 1490. The van der Waals surface area contributed by atoms with E-state index in [-0.39, 0.29) is 5.91 Å². The average molecular weight is 467 g/mol. The highest BCUT2D eigenvalue weighted by molar-refractivity contribution is 7.22. The fraction of sp³-hybridized carbons (Fsp3) is 0.172. The molecule has 5 aromatic rings. The molecule has 0 aliphatic carbocycles. The topological polar surface area (TPSA) is 42.4 Å². The zero-order valence-electron chi connectivity index (χ0n) is 19.5. The summed E-state index contributed by atoms with van der Waals surface area (Å²) in [6.45, 7) is 7.01. The standard InChI is InChI=1S/C29H26N2O2S/c1-4-33-25-15-14-22-12-8-9-13-23(22)26(25)28(32)31(18-21-10-6-5-7-11-21)29-30-24-17-19(2)16-20(3)27(24)34-29/h5-17H,4,18H2,1-3H3. The predicted molar refractivity (Wildman–Crippen MR) is 141 cm³/mol.